The minimum atomic E-state index is -0.959. The predicted molar refractivity (Wildman–Crippen MR) is 80.5 cm³/mol. The lowest BCUT2D eigenvalue weighted by molar-refractivity contribution is -0.142. The Kier molecular flexibility index (Phi) is 3.65. The summed E-state index contributed by atoms with van der Waals surface area (Å²) in [5, 5.41) is 14.3. The van der Waals surface area contributed by atoms with E-state index in [4.69, 9.17) is 0 Å². The molecule has 0 bridgehead atoms. The number of carboxylic acid groups (broad SMARTS) is 1. The number of hydrogen-bond acceptors (Lipinski definition) is 3. The van der Waals surface area contributed by atoms with Gasteiger partial charge in [-0.05, 0) is 41.7 Å². The van der Waals surface area contributed by atoms with E-state index < -0.39 is 12.0 Å². The quantitative estimate of drug-likeness (QED) is 0.902. The first-order chi connectivity index (χ1) is 10.0. The van der Waals surface area contributed by atoms with Gasteiger partial charge in [0.05, 0.1) is 0 Å². The largest absolute Gasteiger partial charge is 0.479 e. The van der Waals surface area contributed by atoms with E-state index in [1.165, 1.54) is 11.3 Å². The van der Waals surface area contributed by atoms with Gasteiger partial charge in [-0.15, -0.1) is 11.3 Å². The van der Waals surface area contributed by atoms with Crippen molar-refractivity contribution in [1.82, 2.24) is 10.2 Å². The summed E-state index contributed by atoms with van der Waals surface area (Å²) in [5.74, 6) is -0.959. The third-order valence-corrected chi connectivity index (χ3v) is 5.68. The molecule has 114 valence electrons. The molecule has 5 nitrogen and oxygen atoms in total. The molecule has 0 saturated heterocycles. The van der Waals surface area contributed by atoms with E-state index in [0.29, 0.717) is 13.1 Å². The highest BCUT2D eigenvalue weighted by Crippen LogP contribution is 2.39. The van der Waals surface area contributed by atoms with Crippen LogP contribution in [0.2, 0.25) is 0 Å². The van der Waals surface area contributed by atoms with Crippen molar-refractivity contribution in [2.75, 3.05) is 13.1 Å². The standard InChI is InChI=1S/C15H20N2O3S/c1-15(5-2-6-15)9-16-14(20)17-7-3-11-10(4-8-21-11)12(17)13(18)19/h4,8,12H,2-3,5-7,9H2,1H3,(H,16,20)(H,18,19). The van der Waals surface area contributed by atoms with E-state index in [9.17, 15) is 14.7 Å². The van der Waals surface area contributed by atoms with Crippen LogP contribution in [0.15, 0.2) is 11.4 Å². The number of nitrogens with zero attached hydrogens (tertiary/aromatic N) is 1. The second-order valence-corrected chi connectivity index (χ2v) is 7.31. The molecule has 1 unspecified atom stereocenters. The van der Waals surface area contributed by atoms with Crippen molar-refractivity contribution >= 4 is 23.3 Å². The first kappa shape index (κ1) is 14.4. The molecule has 1 saturated carbocycles. The number of aliphatic carboxylic acids is 1. The number of urea groups is 1. The fourth-order valence-electron chi connectivity index (χ4n) is 3.15. The van der Waals surface area contributed by atoms with Gasteiger partial charge < -0.3 is 15.3 Å². The molecule has 1 aliphatic heterocycles. The Morgan fingerprint density at radius 2 is 2.29 bits per heavy atom. The Labute approximate surface area is 128 Å². The number of amides is 2. The minimum absolute atomic E-state index is 0.192. The molecule has 1 aliphatic carbocycles. The van der Waals surface area contributed by atoms with E-state index in [-0.39, 0.29) is 11.4 Å². The Morgan fingerprint density at radius 3 is 2.90 bits per heavy atom. The van der Waals surface area contributed by atoms with E-state index in [1.807, 2.05) is 11.4 Å². The maximum atomic E-state index is 12.4. The molecule has 21 heavy (non-hydrogen) atoms. The van der Waals surface area contributed by atoms with Crippen molar-refractivity contribution in [3.8, 4) is 0 Å². The number of rotatable bonds is 3. The van der Waals surface area contributed by atoms with Gasteiger partial charge in [-0.3, -0.25) is 0 Å². The lowest BCUT2D eigenvalue weighted by atomic mass is 9.70. The number of carbonyl (C=O) groups excluding carboxylic acids is 1. The van der Waals surface area contributed by atoms with Crippen LogP contribution in [0.25, 0.3) is 0 Å². The van der Waals surface area contributed by atoms with Crippen molar-refractivity contribution in [2.45, 2.75) is 38.6 Å². The molecule has 0 aromatic carbocycles. The average molecular weight is 308 g/mol. The fraction of sp³-hybridized carbons (Fsp3) is 0.600. The number of carbonyl (C=O) groups is 2. The van der Waals surface area contributed by atoms with E-state index in [0.717, 1.165) is 29.7 Å². The average Bonchev–Trinajstić information content (AvgIpc) is 2.89. The van der Waals surface area contributed by atoms with Crippen LogP contribution in [-0.4, -0.2) is 35.1 Å². The first-order valence-corrected chi connectivity index (χ1v) is 8.22. The summed E-state index contributed by atoms with van der Waals surface area (Å²) in [6.07, 6.45) is 4.21. The van der Waals surface area contributed by atoms with E-state index in [1.54, 1.807) is 11.3 Å². The molecule has 0 radical (unpaired) electrons. The summed E-state index contributed by atoms with van der Waals surface area (Å²) in [6, 6.07) is 0.715. The first-order valence-electron chi connectivity index (χ1n) is 7.34. The number of thiophene rings is 1. The van der Waals surface area contributed by atoms with Crippen molar-refractivity contribution in [1.29, 1.82) is 0 Å². The Hall–Kier alpha value is -1.56. The van der Waals surface area contributed by atoms with Crippen molar-refractivity contribution in [2.24, 2.45) is 5.41 Å². The Bertz CT molecular complexity index is 565. The Balaban J connectivity index is 1.71. The Morgan fingerprint density at radius 1 is 1.52 bits per heavy atom. The van der Waals surface area contributed by atoms with Gasteiger partial charge in [-0.2, -0.15) is 0 Å². The van der Waals surface area contributed by atoms with Crippen LogP contribution in [0, 0.1) is 5.41 Å². The highest BCUT2D eigenvalue weighted by Gasteiger charge is 2.38. The zero-order chi connectivity index (χ0) is 15.0. The molecule has 2 N–H and O–H groups in total. The highest BCUT2D eigenvalue weighted by atomic mass is 32.1. The number of fused-ring (bicyclic) bond motifs is 1. The second-order valence-electron chi connectivity index (χ2n) is 6.31. The molecule has 1 fully saturated rings. The third-order valence-electron chi connectivity index (χ3n) is 4.69. The lowest BCUT2D eigenvalue weighted by Crippen LogP contribution is -2.50. The maximum absolute atomic E-state index is 12.4. The van der Waals surface area contributed by atoms with E-state index >= 15 is 0 Å². The minimum Gasteiger partial charge on any atom is -0.479 e. The number of carboxylic acids is 1. The molecule has 3 rings (SSSR count). The van der Waals surface area contributed by atoms with Gasteiger partial charge in [0.1, 0.15) is 0 Å². The van der Waals surface area contributed by atoms with Crippen LogP contribution in [0.3, 0.4) is 0 Å². The van der Waals surface area contributed by atoms with Crippen molar-refractivity contribution in [3.63, 3.8) is 0 Å². The fourth-order valence-corrected chi connectivity index (χ4v) is 4.05. The van der Waals surface area contributed by atoms with Gasteiger partial charge in [0.2, 0.25) is 0 Å². The molecule has 2 heterocycles. The molecule has 2 amide bonds. The second kappa shape index (κ2) is 5.33. The summed E-state index contributed by atoms with van der Waals surface area (Å²) in [7, 11) is 0. The van der Waals surface area contributed by atoms with Gasteiger partial charge in [0.25, 0.3) is 0 Å². The van der Waals surface area contributed by atoms with Gasteiger partial charge in [0.15, 0.2) is 6.04 Å². The van der Waals surface area contributed by atoms with Gasteiger partial charge in [-0.25, -0.2) is 9.59 Å². The van der Waals surface area contributed by atoms with Crippen molar-refractivity contribution < 1.29 is 14.7 Å². The molecule has 1 aromatic heterocycles. The van der Waals surface area contributed by atoms with Crippen LogP contribution in [0.1, 0.15) is 42.7 Å². The smallest absolute Gasteiger partial charge is 0.331 e. The SMILES string of the molecule is CC1(CNC(=O)N2CCc3sccc3C2C(=O)O)CCC1. The molecule has 1 atom stereocenters. The van der Waals surface area contributed by atoms with Crippen LogP contribution in [0.4, 0.5) is 4.79 Å². The zero-order valence-electron chi connectivity index (χ0n) is 12.1. The lowest BCUT2D eigenvalue weighted by Gasteiger charge is -2.40. The van der Waals surface area contributed by atoms with Crippen LogP contribution >= 0.6 is 11.3 Å². The van der Waals surface area contributed by atoms with Gasteiger partial charge in [0, 0.05) is 18.0 Å². The summed E-state index contributed by atoms with van der Waals surface area (Å²) in [5.41, 5.74) is 0.960. The number of hydrogen-bond donors (Lipinski definition) is 2. The predicted octanol–water partition coefficient (Wildman–Crippen LogP) is 2.63. The summed E-state index contributed by atoms with van der Waals surface area (Å²) >= 11 is 1.57. The third kappa shape index (κ3) is 2.64. The summed E-state index contributed by atoms with van der Waals surface area (Å²) in [6.45, 7) is 3.26. The summed E-state index contributed by atoms with van der Waals surface area (Å²) < 4.78 is 0. The van der Waals surface area contributed by atoms with E-state index in [2.05, 4.69) is 12.2 Å². The molecule has 2 aliphatic rings. The van der Waals surface area contributed by atoms with Crippen LogP contribution in [-0.2, 0) is 11.2 Å². The van der Waals surface area contributed by atoms with Gasteiger partial charge >= 0.3 is 12.0 Å². The molecule has 1 aromatic rings. The molecular formula is C15H20N2O3S. The zero-order valence-corrected chi connectivity index (χ0v) is 12.9. The topological polar surface area (TPSA) is 69.6 Å². The van der Waals surface area contributed by atoms with Gasteiger partial charge in [-0.1, -0.05) is 13.3 Å². The molecule has 0 spiro atoms. The molecule has 6 heteroatoms. The maximum Gasteiger partial charge on any atom is 0.331 e. The highest BCUT2D eigenvalue weighted by molar-refractivity contribution is 7.10. The normalized spacial score (nSPS) is 23.1. The van der Waals surface area contributed by atoms with Crippen molar-refractivity contribution in [3.05, 3.63) is 21.9 Å². The van der Waals surface area contributed by atoms with Crippen LogP contribution < -0.4 is 5.32 Å². The number of nitrogens with one attached hydrogen (secondary N) is 1. The van der Waals surface area contributed by atoms with Crippen LogP contribution in [0.5, 0.6) is 0 Å². The monoisotopic (exact) mass is 308 g/mol. The summed E-state index contributed by atoms with van der Waals surface area (Å²) in [4.78, 5) is 26.5. The molecular weight excluding hydrogens is 288 g/mol.